The molecule has 6 aliphatic rings. The van der Waals surface area contributed by atoms with Crippen LogP contribution in [-0.4, -0.2) is 118 Å². The van der Waals surface area contributed by atoms with E-state index < -0.39 is 54.2 Å². The number of aliphatic hydroxyl groups excluding tert-OH is 2. The van der Waals surface area contributed by atoms with Gasteiger partial charge in [-0.1, -0.05) is 109 Å². The number of carbonyl (C=O) groups excluding carboxylic acids is 5. The number of aliphatic carboxylic acids is 1. The molecule has 4 unspecified atom stereocenters. The first-order valence-electron chi connectivity index (χ1n) is 22.6. The second-order valence-corrected chi connectivity index (χ2v) is 22.7. The van der Waals surface area contributed by atoms with Crippen molar-refractivity contribution in [2.24, 2.45) is 80.7 Å². The molecule has 0 aromatic heterocycles. The molecule has 356 valence electrons. The molecule has 5 N–H and O–H groups in total. The summed E-state index contributed by atoms with van der Waals surface area (Å²) in [4.78, 5) is 77.1. The number of halogens is 1. The van der Waals surface area contributed by atoms with E-state index in [1.807, 2.05) is 55.4 Å². The molecule has 2 amide bonds. The van der Waals surface area contributed by atoms with Gasteiger partial charge in [0.2, 0.25) is 11.8 Å². The molecule has 12 atom stereocenters. The number of fused-ring (bicyclic) bond motifs is 2. The molecule has 14 nitrogen and oxygen atoms in total. The Balaban J connectivity index is 0.000000273. The third-order valence-corrected chi connectivity index (χ3v) is 15.7. The molecule has 0 aromatic carbocycles. The van der Waals surface area contributed by atoms with E-state index in [9.17, 15) is 44.1 Å². The Bertz CT molecular complexity index is 1650. The number of methoxy groups -OCH3 is 2. The molecule has 15 heteroatoms. The summed E-state index contributed by atoms with van der Waals surface area (Å²) in [7, 11) is 2.50. The Hall–Kier alpha value is -2.81. The van der Waals surface area contributed by atoms with Gasteiger partial charge in [0, 0.05) is 49.2 Å². The molecular weight excluding hydrogens is 818 g/mol. The number of hydrogen-bond donors (Lipinski definition) is 4. The van der Waals surface area contributed by atoms with Crippen LogP contribution < -0.4 is 5.73 Å². The van der Waals surface area contributed by atoms with E-state index in [4.69, 9.17) is 10.5 Å². The van der Waals surface area contributed by atoms with Crippen molar-refractivity contribution < 1.29 is 53.6 Å². The standard InChI is InChI=1S/C24H39NO5.C15H25NO3.C8H15NO3.ClH/c1-13(23(2,3)4)21(28)25-12-16-18(24(16,5)6)19(25)17(26)11-15(10-14-8-9-14)20(27)22(29)30-7;1-8(14(2,3)4)12(17)16-7-9-10(15(9,5)6)11(16)13(18)19;1-12-8(11)7(10)6(9)4-5-2-3-5;/h13-16,18-20,27H,8-12H2,1-7H3;8-11H,7H2,1-6H3,(H,18,19);5-7,10H,2-4,9H2,1H3;1H/t13-,15?,16+,18+,19-,20?;8-,9+,10+,11+;;/m11../s1. The maximum absolute atomic E-state index is 13.5. The maximum Gasteiger partial charge on any atom is 0.336 e. The molecule has 6 fully saturated rings. The van der Waals surface area contributed by atoms with Gasteiger partial charge < -0.3 is 40.3 Å². The molecule has 2 aliphatic heterocycles. The van der Waals surface area contributed by atoms with Gasteiger partial charge in [0.25, 0.3) is 0 Å². The highest BCUT2D eigenvalue weighted by molar-refractivity contribution is 5.92. The Kier molecular flexibility index (Phi) is 17.0. The average molecular weight is 899 g/mol. The Morgan fingerprint density at radius 2 is 1.05 bits per heavy atom. The minimum atomic E-state index is -1.29. The molecular formula is C47H80ClN3O11. The summed E-state index contributed by atoms with van der Waals surface area (Å²) in [5.74, 6) is -0.890. The fraction of sp³-hybridized carbons (Fsp3) is 0.872. The maximum atomic E-state index is 13.5. The Labute approximate surface area is 376 Å². The molecule has 0 bridgehead atoms. The van der Waals surface area contributed by atoms with Crippen molar-refractivity contribution in [2.75, 3.05) is 27.3 Å². The lowest BCUT2D eigenvalue weighted by Gasteiger charge is -2.36. The van der Waals surface area contributed by atoms with Gasteiger partial charge in [-0.05, 0) is 64.1 Å². The van der Waals surface area contributed by atoms with Crippen molar-refractivity contribution in [1.82, 2.24) is 9.80 Å². The third-order valence-electron chi connectivity index (χ3n) is 15.7. The average Bonchev–Trinajstić information content (AvgIpc) is 4.15. The van der Waals surface area contributed by atoms with Gasteiger partial charge in [-0.15, -0.1) is 12.4 Å². The summed E-state index contributed by atoms with van der Waals surface area (Å²) in [5, 5.41) is 29.2. The fourth-order valence-corrected chi connectivity index (χ4v) is 9.88. The first kappa shape index (κ1) is 53.5. The number of rotatable bonds is 14. The van der Waals surface area contributed by atoms with E-state index in [1.54, 1.807) is 9.80 Å². The molecule has 0 spiro atoms. The number of aliphatic hydroxyl groups is 2. The van der Waals surface area contributed by atoms with Crippen LogP contribution in [0.25, 0.3) is 0 Å². The van der Waals surface area contributed by atoms with Crippen LogP contribution in [-0.2, 0) is 38.2 Å². The first-order valence-corrected chi connectivity index (χ1v) is 22.6. The van der Waals surface area contributed by atoms with Gasteiger partial charge in [0.15, 0.2) is 18.0 Å². The lowest BCUT2D eigenvalue weighted by Crippen LogP contribution is -2.50. The second kappa shape index (κ2) is 19.7. The van der Waals surface area contributed by atoms with Crippen molar-refractivity contribution in [3.8, 4) is 0 Å². The quantitative estimate of drug-likeness (QED) is 0.162. The number of ketones is 1. The summed E-state index contributed by atoms with van der Waals surface area (Å²) in [5.41, 5.74) is 5.39. The summed E-state index contributed by atoms with van der Waals surface area (Å²) in [6, 6.07) is -1.55. The van der Waals surface area contributed by atoms with Gasteiger partial charge in [0.1, 0.15) is 6.04 Å². The van der Waals surface area contributed by atoms with Crippen LogP contribution in [0.3, 0.4) is 0 Å². The summed E-state index contributed by atoms with van der Waals surface area (Å²) < 4.78 is 9.09. The lowest BCUT2D eigenvalue weighted by atomic mass is 9.80. The summed E-state index contributed by atoms with van der Waals surface area (Å²) >= 11 is 0. The molecule has 6 rings (SSSR count). The molecule has 2 saturated heterocycles. The predicted octanol–water partition coefficient (Wildman–Crippen LogP) is 5.37. The van der Waals surface area contributed by atoms with E-state index in [0.29, 0.717) is 43.2 Å². The monoisotopic (exact) mass is 898 g/mol. The van der Waals surface area contributed by atoms with Crippen molar-refractivity contribution in [2.45, 2.75) is 158 Å². The number of carboxylic acids is 1. The SMILES string of the molecule is COC(=O)C(O)C(CC(=O)[C@@H]1[C@@H]2[C@H](CN1C(=O)[C@@H](C)C(C)(C)C)C2(C)C)CC1CC1.COC(=O)C(O)C(N)CC1CC1.C[C@H](C(=O)N1C[C@H]2[C@@H]([C@H]1C(=O)O)C2(C)C)C(C)(C)C.Cl. The normalized spacial score (nSPS) is 29.2. The number of nitrogens with zero attached hydrogens (tertiary/aromatic N) is 2. The molecule has 4 aliphatic carbocycles. The number of carboxylic acid groups (broad SMARTS) is 1. The zero-order chi connectivity index (χ0) is 46.5. The van der Waals surface area contributed by atoms with Gasteiger partial charge in [-0.2, -0.15) is 0 Å². The molecule has 62 heavy (non-hydrogen) atoms. The van der Waals surface area contributed by atoms with Crippen LogP contribution in [0.1, 0.15) is 128 Å². The number of amides is 2. The molecule has 0 aromatic rings. The Morgan fingerprint density at radius 1 is 0.677 bits per heavy atom. The van der Waals surface area contributed by atoms with Crippen LogP contribution in [0.4, 0.5) is 0 Å². The van der Waals surface area contributed by atoms with E-state index in [1.165, 1.54) is 27.1 Å². The van der Waals surface area contributed by atoms with E-state index in [2.05, 4.69) is 32.4 Å². The number of ether oxygens (including phenoxy) is 2. The van der Waals surface area contributed by atoms with Crippen molar-refractivity contribution in [3.63, 3.8) is 0 Å². The number of hydrogen-bond acceptors (Lipinski definition) is 11. The topological polar surface area (TPSA) is 214 Å². The van der Waals surface area contributed by atoms with Crippen molar-refractivity contribution in [3.05, 3.63) is 0 Å². The van der Waals surface area contributed by atoms with Crippen LogP contribution in [0.15, 0.2) is 0 Å². The van der Waals surface area contributed by atoms with Gasteiger partial charge in [-0.25, -0.2) is 14.4 Å². The van der Waals surface area contributed by atoms with Gasteiger partial charge >= 0.3 is 17.9 Å². The fourth-order valence-electron chi connectivity index (χ4n) is 9.88. The van der Waals surface area contributed by atoms with Crippen molar-refractivity contribution >= 4 is 47.9 Å². The van der Waals surface area contributed by atoms with E-state index >= 15 is 0 Å². The largest absolute Gasteiger partial charge is 0.480 e. The zero-order valence-corrected chi connectivity index (χ0v) is 40.8. The number of nitrogens with two attached hydrogens (primary N) is 1. The van der Waals surface area contributed by atoms with Crippen LogP contribution >= 0.6 is 12.4 Å². The zero-order valence-electron chi connectivity index (χ0n) is 39.9. The minimum Gasteiger partial charge on any atom is -0.480 e. The highest BCUT2D eigenvalue weighted by atomic mass is 35.5. The van der Waals surface area contributed by atoms with E-state index in [0.717, 1.165) is 19.3 Å². The smallest absolute Gasteiger partial charge is 0.336 e. The number of likely N-dealkylation sites (tertiary alicyclic amines) is 2. The Morgan fingerprint density at radius 3 is 1.42 bits per heavy atom. The van der Waals surface area contributed by atoms with Gasteiger partial charge in [-0.3, -0.25) is 14.4 Å². The molecule has 2 heterocycles. The van der Waals surface area contributed by atoms with Crippen LogP contribution in [0.2, 0.25) is 0 Å². The summed E-state index contributed by atoms with van der Waals surface area (Å²) in [6.45, 7) is 25.8. The summed E-state index contributed by atoms with van der Waals surface area (Å²) in [6.07, 6.45) is 3.53. The van der Waals surface area contributed by atoms with Crippen LogP contribution in [0.5, 0.6) is 0 Å². The number of Topliss-reactive ketones (excluding diaryl/α,β-unsaturated/α-hetero) is 1. The minimum absolute atomic E-state index is 0. The molecule has 4 saturated carbocycles. The van der Waals surface area contributed by atoms with E-state index in [-0.39, 0.29) is 81.8 Å². The second-order valence-electron chi connectivity index (χ2n) is 22.7. The van der Waals surface area contributed by atoms with Gasteiger partial charge in [0.05, 0.1) is 20.3 Å². The van der Waals surface area contributed by atoms with Crippen LogP contribution in [0, 0.1) is 74.9 Å². The molecule has 0 radical (unpaired) electrons. The third kappa shape index (κ3) is 11.9. The predicted molar refractivity (Wildman–Crippen MR) is 236 cm³/mol. The number of esters is 2. The highest BCUT2D eigenvalue weighted by Crippen LogP contribution is 2.66. The number of carbonyl (C=O) groups is 6. The lowest BCUT2D eigenvalue weighted by molar-refractivity contribution is -0.155. The number of piperidine rings is 2. The first-order chi connectivity index (χ1) is 27.9. The van der Waals surface area contributed by atoms with Crippen molar-refractivity contribution in [1.29, 1.82) is 0 Å². The highest BCUT2D eigenvalue weighted by Gasteiger charge is 2.70.